The Morgan fingerprint density at radius 2 is 1.58 bits per heavy atom. The standard InChI is InChI=1S/C19H22/c1-12-5-6-16-7-8-17(11-19(12)16)18-9-13(2)15(4)14(3)10-18/h7-12H,5-6H2,1-4H3. The van der Waals surface area contributed by atoms with Crippen molar-refractivity contribution in [1.29, 1.82) is 0 Å². The lowest BCUT2D eigenvalue weighted by Crippen LogP contribution is -1.91. The molecule has 0 nitrogen and oxygen atoms in total. The molecule has 0 fully saturated rings. The number of benzene rings is 2. The lowest BCUT2D eigenvalue weighted by molar-refractivity contribution is 0.747. The second-order valence-corrected chi connectivity index (χ2v) is 6.09. The molecule has 0 aliphatic heterocycles. The smallest absolute Gasteiger partial charge is 0.0178 e. The summed E-state index contributed by atoms with van der Waals surface area (Å²) in [5.41, 5.74) is 10.1. The molecule has 2 aromatic rings. The van der Waals surface area contributed by atoms with E-state index in [9.17, 15) is 0 Å². The third-order valence-corrected chi connectivity index (χ3v) is 4.78. The van der Waals surface area contributed by atoms with Crippen molar-refractivity contribution in [2.75, 3.05) is 0 Å². The molecule has 0 radical (unpaired) electrons. The zero-order valence-electron chi connectivity index (χ0n) is 12.4. The van der Waals surface area contributed by atoms with E-state index in [1.165, 1.54) is 40.7 Å². The summed E-state index contributed by atoms with van der Waals surface area (Å²) in [6.45, 7) is 8.98. The average molecular weight is 250 g/mol. The molecule has 1 atom stereocenters. The predicted molar refractivity (Wildman–Crippen MR) is 82.8 cm³/mol. The van der Waals surface area contributed by atoms with Gasteiger partial charge in [-0.2, -0.15) is 0 Å². The van der Waals surface area contributed by atoms with E-state index in [2.05, 4.69) is 58.0 Å². The summed E-state index contributed by atoms with van der Waals surface area (Å²) < 4.78 is 0. The number of rotatable bonds is 1. The minimum atomic E-state index is 0.725. The van der Waals surface area contributed by atoms with Gasteiger partial charge in [0.15, 0.2) is 0 Å². The normalized spacial score (nSPS) is 17.6. The van der Waals surface area contributed by atoms with Gasteiger partial charge >= 0.3 is 0 Å². The highest BCUT2D eigenvalue weighted by Gasteiger charge is 2.18. The average Bonchev–Trinajstić information content (AvgIpc) is 2.77. The van der Waals surface area contributed by atoms with Crippen molar-refractivity contribution in [1.82, 2.24) is 0 Å². The van der Waals surface area contributed by atoms with E-state index in [1.807, 2.05) is 0 Å². The molecule has 2 aromatic carbocycles. The van der Waals surface area contributed by atoms with Crippen molar-refractivity contribution in [3.05, 3.63) is 58.1 Å². The van der Waals surface area contributed by atoms with Crippen LogP contribution in [-0.2, 0) is 6.42 Å². The summed E-state index contributed by atoms with van der Waals surface area (Å²) in [6.07, 6.45) is 2.56. The Morgan fingerprint density at radius 1 is 0.895 bits per heavy atom. The van der Waals surface area contributed by atoms with Gasteiger partial charge in [-0.05, 0) is 78.5 Å². The Bertz CT molecular complexity index is 611. The Labute approximate surface area is 116 Å². The fourth-order valence-corrected chi connectivity index (χ4v) is 3.19. The number of hydrogen-bond donors (Lipinski definition) is 0. The minimum Gasteiger partial charge on any atom is -0.0584 e. The van der Waals surface area contributed by atoms with Crippen LogP contribution >= 0.6 is 0 Å². The van der Waals surface area contributed by atoms with Crippen molar-refractivity contribution in [2.45, 2.75) is 46.5 Å². The third kappa shape index (κ3) is 2.10. The topological polar surface area (TPSA) is 0 Å². The molecule has 0 bridgehead atoms. The lowest BCUT2D eigenvalue weighted by Gasteiger charge is -2.12. The second kappa shape index (κ2) is 4.52. The van der Waals surface area contributed by atoms with Gasteiger partial charge in [-0.15, -0.1) is 0 Å². The first-order valence-corrected chi connectivity index (χ1v) is 7.27. The van der Waals surface area contributed by atoms with Crippen LogP contribution in [0.2, 0.25) is 0 Å². The van der Waals surface area contributed by atoms with Crippen molar-refractivity contribution >= 4 is 0 Å². The van der Waals surface area contributed by atoms with Gasteiger partial charge in [-0.1, -0.05) is 37.3 Å². The molecule has 19 heavy (non-hydrogen) atoms. The first-order chi connectivity index (χ1) is 9.06. The third-order valence-electron chi connectivity index (χ3n) is 4.78. The van der Waals surface area contributed by atoms with Crippen LogP contribution in [0.1, 0.15) is 47.1 Å². The van der Waals surface area contributed by atoms with Crippen molar-refractivity contribution in [3.63, 3.8) is 0 Å². The number of fused-ring (bicyclic) bond motifs is 1. The second-order valence-electron chi connectivity index (χ2n) is 6.09. The largest absolute Gasteiger partial charge is 0.0584 e. The van der Waals surface area contributed by atoms with E-state index in [4.69, 9.17) is 0 Å². The molecule has 0 heterocycles. The summed E-state index contributed by atoms with van der Waals surface area (Å²) in [7, 11) is 0. The fourth-order valence-electron chi connectivity index (χ4n) is 3.19. The molecule has 1 aliphatic rings. The summed E-state index contributed by atoms with van der Waals surface area (Å²) in [4.78, 5) is 0. The van der Waals surface area contributed by atoms with Gasteiger partial charge in [0.2, 0.25) is 0 Å². The predicted octanol–water partition coefficient (Wildman–Crippen LogP) is 5.33. The molecule has 1 unspecified atom stereocenters. The number of hydrogen-bond acceptors (Lipinski definition) is 0. The van der Waals surface area contributed by atoms with Crippen LogP contribution in [0.15, 0.2) is 30.3 Å². The molecule has 3 rings (SSSR count). The molecule has 0 heteroatoms. The van der Waals surface area contributed by atoms with Gasteiger partial charge in [0.1, 0.15) is 0 Å². The van der Waals surface area contributed by atoms with E-state index >= 15 is 0 Å². The molecule has 0 amide bonds. The summed E-state index contributed by atoms with van der Waals surface area (Å²) in [6, 6.07) is 11.7. The van der Waals surface area contributed by atoms with Crippen LogP contribution in [0.4, 0.5) is 0 Å². The zero-order valence-corrected chi connectivity index (χ0v) is 12.4. The summed E-state index contributed by atoms with van der Waals surface area (Å²) in [5, 5.41) is 0. The highest BCUT2D eigenvalue weighted by atomic mass is 14.2. The van der Waals surface area contributed by atoms with Gasteiger partial charge in [0.05, 0.1) is 0 Å². The molecule has 0 saturated carbocycles. The minimum absolute atomic E-state index is 0.725. The molecule has 0 N–H and O–H groups in total. The van der Waals surface area contributed by atoms with E-state index in [1.54, 1.807) is 11.1 Å². The van der Waals surface area contributed by atoms with Crippen molar-refractivity contribution in [3.8, 4) is 11.1 Å². The Morgan fingerprint density at radius 3 is 2.26 bits per heavy atom. The van der Waals surface area contributed by atoms with Crippen molar-refractivity contribution in [2.24, 2.45) is 0 Å². The SMILES string of the molecule is Cc1cc(-c2ccc3c(c2)C(C)CC3)cc(C)c1C. The number of aryl methyl sites for hydroxylation is 3. The molecule has 0 spiro atoms. The summed E-state index contributed by atoms with van der Waals surface area (Å²) >= 11 is 0. The first-order valence-electron chi connectivity index (χ1n) is 7.27. The Hall–Kier alpha value is -1.56. The Balaban J connectivity index is 2.11. The summed E-state index contributed by atoms with van der Waals surface area (Å²) in [5.74, 6) is 0.725. The van der Waals surface area contributed by atoms with Gasteiger partial charge in [-0.25, -0.2) is 0 Å². The first kappa shape index (κ1) is 12.5. The van der Waals surface area contributed by atoms with Gasteiger partial charge in [0, 0.05) is 0 Å². The highest BCUT2D eigenvalue weighted by Crippen LogP contribution is 2.36. The van der Waals surface area contributed by atoms with Gasteiger partial charge < -0.3 is 0 Å². The van der Waals surface area contributed by atoms with Crippen molar-refractivity contribution < 1.29 is 0 Å². The molecule has 1 aliphatic carbocycles. The van der Waals surface area contributed by atoms with Crippen LogP contribution in [0.5, 0.6) is 0 Å². The molecular weight excluding hydrogens is 228 g/mol. The van der Waals surface area contributed by atoms with Crippen LogP contribution in [0.3, 0.4) is 0 Å². The maximum atomic E-state index is 2.41. The zero-order chi connectivity index (χ0) is 13.6. The van der Waals surface area contributed by atoms with Crippen LogP contribution in [-0.4, -0.2) is 0 Å². The van der Waals surface area contributed by atoms with Crippen LogP contribution in [0, 0.1) is 20.8 Å². The van der Waals surface area contributed by atoms with Gasteiger partial charge in [-0.3, -0.25) is 0 Å². The maximum absolute atomic E-state index is 2.41. The monoisotopic (exact) mass is 250 g/mol. The van der Waals surface area contributed by atoms with E-state index in [0.717, 1.165) is 5.92 Å². The maximum Gasteiger partial charge on any atom is -0.0178 e. The highest BCUT2D eigenvalue weighted by molar-refractivity contribution is 5.68. The molecule has 98 valence electrons. The lowest BCUT2D eigenvalue weighted by atomic mass is 9.93. The van der Waals surface area contributed by atoms with Crippen LogP contribution < -0.4 is 0 Å². The quantitative estimate of drug-likeness (QED) is 0.642. The van der Waals surface area contributed by atoms with E-state index in [-0.39, 0.29) is 0 Å². The molecular formula is C19H22. The molecule has 0 aromatic heterocycles. The van der Waals surface area contributed by atoms with Gasteiger partial charge in [0.25, 0.3) is 0 Å². The van der Waals surface area contributed by atoms with Crippen LogP contribution in [0.25, 0.3) is 11.1 Å². The van der Waals surface area contributed by atoms with E-state index in [0.29, 0.717) is 0 Å². The van der Waals surface area contributed by atoms with E-state index < -0.39 is 0 Å². The Kier molecular flexibility index (Phi) is 2.97. The molecule has 0 saturated heterocycles. The fraction of sp³-hybridized carbons (Fsp3) is 0.368.